The third kappa shape index (κ3) is 3.55. The van der Waals surface area contributed by atoms with Crippen LogP contribution in [0.15, 0.2) is 42.5 Å². The van der Waals surface area contributed by atoms with Crippen molar-refractivity contribution in [3.05, 3.63) is 48.2 Å². The number of carbonyl (C=O) groups is 2. The van der Waals surface area contributed by atoms with Gasteiger partial charge in [0, 0.05) is 12.4 Å². The Balaban J connectivity index is 1.49. The molecule has 2 aromatic heterocycles. The fourth-order valence-corrected chi connectivity index (χ4v) is 4.19. The molecule has 0 aliphatic rings. The molecule has 0 fully saturated rings. The first-order valence-electron chi connectivity index (χ1n) is 9.16. The Morgan fingerprint density at radius 1 is 1.10 bits per heavy atom. The Morgan fingerprint density at radius 3 is 2.57 bits per heavy atom. The van der Waals surface area contributed by atoms with E-state index in [9.17, 15) is 9.59 Å². The number of amides is 2. The summed E-state index contributed by atoms with van der Waals surface area (Å²) in [4.78, 5) is 29.4. The molecule has 2 N–H and O–H groups in total. The van der Waals surface area contributed by atoms with E-state index in [0.29, 0.717) is 22.3 Å². The van der Waals surface area contributed by atoms with E-state index < -0.39 is 0 Å². The molecule has 0 unspecified atom stereocenters. The Hall–Kier alpha value is -3.59. The number of ether oxygens (including phenoxy) is 2. The summed E-state index contributed by atoms with van der Waals surface area (Å²) in [5.74, 6) is 0.531. The predicted molar refractivity (Wildman–Crippen MR) is 117 cm³/mol. The van der Waals surface area contributed by atoms with E-state index in [4.69, 9.17) is 9.47 Å². The average molecular weight is 424 g/mol. The van der Waals surface area contributed by atoms with Crippen molar-refractivity contribution < 1.29 is 19.1 Å². The van der Waals surface area contributed by atoms with Gasteiger partial charge in [0.1, 0.15) is 17.2 Å². The van der Waals surface area contributed by atoms with Gasteiger partial charge in [-0.1, -0.05) is 23.5 Å². The van der Waals surface area contributed by atoms with Crippen molar-refractivity contribution in [1.82, 2.24) is 14.9 Å². The average Bonchev–Trinajstić information content (AvgIpc) is 3.32. The molecule has 0 aliphatic heterocycles. The number of fused-ring (bicyclic) bond motifs is 2. The number of hydrogen-bond acceptors (Lipinski definition) is 6. The molecule has 0 saturated carbocycles. The molecule has 154 valence electrons. The maximum atomic E-state index is 12.7. The first-order valence-corrected chi connectivity index (χ1v) is 9.97. The zero-order valence-corrected chi connectivity index (χ0v) is 17.5. The molecule has 4 aromatic rings. The lowest BCUT2D eigenvalue weighted by Crippen LogP contribution is -2.33. The van der Waals surface area contributed by atoms with E-state index in [2.05, 4.69) is 15.6 Å². The zero-order chi connectivity index (χ0) is 21.3. The van der Waals surface area contributed by atoms with E-state index in [1.54, 1.807) is 44.0 Å². The number of aryl methyl sites for hydroxylation is 1. The summed E-state index contributed by atoms with van der Waals surface area (Å²) in [6.07, 6.45) is 0. The quantitative estimate of drug-likeness (QED) is 0.496. The van der Waals surface area contributed by atoms with E-state index in [0.717, 1.165) is 21.1 Å². The van der Waals surface area contributed by atoms with Crippen LogP contribution in [-0.2, 0) is 11.8 Å². The highest BCUT2D eigenvalue weighted by molar-refractivity contribution is 7.22. The summed E-state index contributed by atoms with van der Waals surface area (Å²) in [6.45, 7) is -0.176. The molecular weight excluding hydrogens is 404 g/mol. The van der Waals surface area contributed by atoms with E-state index in [1.807, 2.05) is 24.3 Å². The van der Waals surface area contributed by atoms with Crippen molar-refractivity contribution >= 4 is 49.4 Å². The SMILES string of the molecule is COc1ccc(OC)c2c1cc(C(=O)NCC(=O)Nc1nc3ccccc3s1)n2C. The molecule has 9 heteroatoms. The molecule has 2 heterocycles. The summed E-state index contributed by atoms with van der Waals surface area (Å²) in [6, 6.07) is 12.9. The number of hydrogen-bond donors (Lipinski definition) is 2. The molecule has 2 aromatic carbocycles. The van der Waals surface area contributed by atoms with Crippen molar-refractivity contribution in [1.29, 1.82) is 0 Å². The van der Waals surface area contributed by atoms with E-state index >= 15 is 0 Å². The molecule has 0 spiro atoms. The molecule has 0 bridgehead atoms. The zero-order valence-electron chi connectivity index (χ0n) is 16.7. The van der Waals surface area contributed by atoms with Gasteiger partial charge >= 0.3 is 0 Å². The molecule has 0 aliphatic carbocycles. The monoisotopic (exact) mass is 424 g/mol. The van der Waals surface area contributed by atoms with Crippen molar-refractivity contribution in [2.75, 3.05) is 26.1 Å². The Morgan fingerprint density at radius 2 is 1.83 bits per heavy atom. The predicted octanol–water partition coefficient (Wildman–Crippen LogP) is 3.17. The van der Waals surface area contributed by atoms with E-state index in [-0.39, 0.29) is 18.4 Å². The Bertz CT molecular complexity index is 1230. The summed E-state index contributed by atoms with van der Waals surface area (Å²) < 4.78 is 13.5. The standard InChI is InChI=1S/C21H20N4O4S/c1-25-14(10-12-15(28-2)8-9-16(29-3)19(12)25)20(27)22-11-18(26)24-21-23-13-6-4-5-7-17(13)30-21/h4-10H,11H2,1-3H3,(H,22,27)(H,23,24,26). The van der Waals surface area contributed by atoms with Crippen LogP contribution in [0.3, 0.4) is 0 Å². The van der Waals surface area contributed by atoms with Gasteiger partial charge in [-0.2, -0.15) is 0 Å². The molecule has 4 rings (SSSR count). The molecule has 0 radical (unpaired) electrons. The number of carbonyl (C=O) groups excluding carboxylic acids is 2. The van der Waals surface area contributed by atoms with Gasteiger partial charge in [-0.05, 0) is 30.3 Å². The highest BCUT2D eigenvalue weighted by atomic mass is 32.1. The topological polar surface area (TPSA) is 94.5 Å². The maximum Gasteiger partial charge on any atom is 0.268 e. The second-order valence-corrected chi connectivity index (χ2v) is 7.57. The van der Waals surface area contributed by atoms with Gasteiger partial charge in [-0.25, -0.2) is 4.98 Å². The van der Waals surface area contributed by atoms with Crippen LogP contribution >= 0.6 is 11.3 Å². The third-order valence-corrected chi connectivity index (χ3v) is 5.69. The van der Waals surface area contributed by atoms with Gasteiger partial charge in [0.15, 0.2) is 5.13 Å². The number of nitrogens with zero attached hydrogens (tertiary/aromatic N) is 2. The number of methoxy groups -OCH3 is 2. The van der Waals surface area contributed by atoms with Gasteiger partial charge < -0.3 is 24.7 Å². The molecule has 30 heavy (non-hydrogen) atoms. The highest BCUT2D eigenvalue weighted by Gasteiger charge is 2.19. The minimum absolute atomic E-state index is 0.176. The number of aromatic nitrogens is 2. The van der Waals surface area contributed by atoms with Gasteiger partial charge in [-0.3, -0.25) is 9.59 Å². The van der Waals surface area contributed by atoms with Crippen LogP contribution in [0, 0.1) is 0 Å². The van der Waals surface area contributed by atoms with Crippen molar-refractivity contribution in [3.63, 3.8) is 0 Å². The number of nitrogens with one attached hydrogen (secondary N) is 2. The lowest BCUT2D eigenvalue weighted by molar-refractivity contribution is -0.115. The highest BCUT2D eigenvalue weighted by Crippen LogP contribution is 2.35. The van der Waals surface area contributed by atoms with Crippen molar-refractivity contribution in [2.24, 2.45) is 7.05 Å². The van der Waals surface area contributed by atoms with Crippen LogP contribution in [0.4, 0.5) is 5.13 Å². The summed E-state index contributed by atoms with van der Waals surface area (Å²) in [7, 11) is 4.90. The second-order valence-electron chi connectivity index (χ2n) is 6.54. The first kappa shape index (κ1) is 19.7. The minimum Gasteiger partial charge on any atom is -0.496 e. The molecule has 8 nitrogen and oxygen atoms in total. The lowest BCUT2D eigenvalue weighted by Gasteiger charge is -2.09. The van der Waals surface area contributed by atoms with Gasteiger partial charge in [-0.15, -0.1) is 0 Å². The van der Waals surface area contributed by atoms with Gasteiger partial charge in [0.05, 0.1) is 36.5 Å². The maximum absolute atomic E-state index is 12.7. The van der Waals surface area contributed by atoms with Crippen LogP contribution in [0.1, 0.15) is 10.5 Å². The normalized spacial score (nSPS) is 10.9. The molecule has 0 atom stereocenters. The van der Waals surface area contributed by atoms with E-state index in [1.165, 1.54) is 11.3 Å². The number of thiazole rings is 1. The van der Waals surface area contributed by atoms with Gasteiger partial charge in [0.25, 0.3) is 5.91 Å². The van der Waals surface area contributed by atoms with Crippen LogP contribution in [0.5, 0.6) is 11.5 Å². The number of para-hydroxylation sites is 1. The van der Waals surface area contributed by atoms with Crippen LogP contribution in [0.25, 0.3) is 21.1 Å². The first-order chi connectivity index (χ1) is 14.5. The molecular formula is C21H20N4O4S. The van der Waals surface area contributed by atoms with Crippen LogP contribution in [-0.4, -0.2) is 42.1 Å². The summed E-state index contributed by atoms with van der Waals surface area (Å²) >= 11 is 1.38. The summed E-state index contributed by atoms with van der Waals surface area (Å²) in [5.41, 5.74) is 1.95. The number of rotatable bonds is 6. The second kappa shape index (κ2) is 8.03. The number of benzene rings is 2. The Kier molecular flexibility index (Phi) is 5.28. The largest absolute Gasteiger partial charge is 0.496 e. The van der Waals surface area contributed by atoms with Crippen LogP contribution in [0.2, 0.25) is 0 Å². The fourth-order valence-electron chi connectivity index (χ4n) is 3.31. The van der Waals surface area contributed by atoms with Gasteiger partial charge in [0.2, 0.25) is 5.91 Å². The fraction of sp³-hybridized carbons (Fsp3) is 0.190. The minimum atomic E-state index is -0.378. The molecule has 2 amide bonds. The van der Waals surface area contributed by atoms with Crippen LogP contribution < -0.4 is 20.1 Å². The third-order valence-electron chi connectivity index (χ3n) is 4.74. The lowest BCUT2D eigenvalue weighted by atomic mass is 10.2. The Labute approximate surface area is 176 Å². The molecule has 0 saturated heterocycles. The smallest absolute Gasteiger partial charge is 0.268 e. The summed E-state index contributed by atoms with van der Waals surface area (Å²) in [5, 5.41) is 6.62. The van der Waals surface area contributed by atoms with Crippen molar-refractivity contribution in [3.8, 4) is 11.5 Å². The number of anilines is 1. The van der Waals surface area contributed by atoms with Crippen molar-refractivity contribution in [2.45, 2.75) is 0 Å².